The first kappa shape index (κ1) is 14.5. The van der Waals surface area contributed by atoms with E-state index in [2.05, 4.69) is 4.98 Å². The summed E-state index contributed by atoms with van der Waals surface area (Å²) >= 11 is 0.491. The average Bonchev–Trinajstić information content (AvgIpc) is 2.83. The van der Waals surface area contributed by atoms with Crippen LogP contribution in [0.4, 0.5) is 13.2 Å². The van der Waals surface area contributed by atoms with Gasteiger partial charge in [0.1, 0.15) is 9.88 Å². The van der Waals surface area contributed by atoms with Gasteiger partial charge in [0.25, 0.3) is 0 Å². The molecular weight excluding hydrogens is 293 g/mol. The number of thiazole rings is 1. The molecule has 0 fully saturated rings. The number of benzene rings is 1. The Morgan fingerprint density at radius 1 is 1.35 bits per heavy atom. The monoisotopic (exact) mass is 302 g/mol. The summed E-state index contributed by atoms with van der Waals surface area (Å²) in [6, 6.07) is 6.54. The van der Waals surface area contributed by atoms with Gasteiger partial charge >= 0.3 is 12.1 Å². The number of aromatic nitrogens is 1. The van der Waals surface area contributed by atoms with Gasteiger partial charge in [0.2, 0.25) is 0 Å². The van der Waals surface area contributed by atoms with Crippen LogP contribution in [0.3, 0.4) is 0 Å². The highest BCUT2D eigenvalue weighted by Gasteiger charge is 2.39. The van der Waals surface area contributed by atoms with Gasteiger partial charge in [-0.15, -0.1) is 11.3 Å². The molecular formula is C12H9F3N2O2S. The van der Waals surface area contributed by atoms with Crippen LogP contribution in [0.5, 0.6) is 0 Å². The first-order valence-corrected chi connectivity index (χ1v) is 6.26. The number of halogens is 3. The smallest absolute Gasteiger partial charge is 0.435 e. The van der Waals surface area contributed by atoms with E-state index < -0.39 is 22.7 Å². The van der Waals surface area contributed by atoms with E-state index in [0.29, 0.717) is 22.5 Å². The number of aromatic carboxylic acids is 1. The molecule has 0 amide bonds. The molecule has 0 aliphatic heterocycles. The minimum atomic E-state index is -4.81. The van der Waals surface area contributed by atoms with Gasteiger partial charge in [0.15, 0.2) is 5.69 Å². The van der Waals surface area contributed by atoms with Gasteiger partial charge in [-0.1, -0.05) is 24.3 Å². The zero-order valence-electron chi connectivity index (χ0n) is 9.94. The molecule has 3 N–H and O–H groups in total. The lowest BCUT2D eigenvalue weighted by Crippen LogP contribution is -2.11. The van der Waals surface area contributed by atoms with Crippen LogP contribution in [0.25, 0.3) is 10.6 Å². The second kappa shape index (κ2) is 5.22. The highest BCUT2D eigenvalue weighted by molar-refractivity contribution is 7.17. The van der Waals surface area contributed by atoms with Gasteiger partial charge in [-0.05, 0) is 5.56 Å². The summed E-state index contributed by atoms with van der Waals surface area (Å²) in [6.07, 6.45) is -4.81. The molecule has 0 unspecified atom stereocenters. The molecule has 8 heteroatoms. The molecule has 1 aromatic heterocycles. The lowest BCUT2D eigenvalue weighted by molar-refractivity contribution is -0.141. The van der Waals surface area contributed by atoms with E-state index in [1.807, 2.05) is 0 Å². The van der Waals surface area contributed by atoms with Crippen molar-refractivity contribution >= 4 is 17.3 Å². The molecule has 0 aliphatic rings. The molecule has 0 saturated heterocycles. The van der Waals surface area contributed by atoms with Gasteiger partial charge in [-0.25, -0.2) is 9.78 Å². The zero-order chi connectivity index (χ0) is 14.9. The van der Waals surface area contributed by atoms with Crippen LogP contribution in [-0.2, 0) is 12.7 Å². The maximum atomic E-state index is 12.8. The fourth-order valence-electron chi connectivity index (χ4n) is 1.68. The Hall–Kier alpha value is -1.93. The Labute approximate surface area is 115 Å². The molecule has 2 rings (SSSR count). The summed E-state index contributed by atoms with van der Waals surface area (Å²) in [4.78, 5) is 13.5. The number of hydrogen-bond acceptors (Lipinski definition) is 4. The van der Waals surface area contributed by atoms with Crippen LogP contribution in [0.2, 0.25) is 0 Å². The molecule has 1 heterocycles. The first-order valence-electron chi connectivity index (χ1n) is 5.44. The second-order valence-corrected chi connectivity index (χ2v) is 4.86. The number of alkyl halides is 3. The fourth-order valence-corrected chi connectivity index (χ4v) is 2.66. The summed E-state index contributed by atoms with van der Waals surface area (Å²) in [5.41, 5.74) is 5.16. The van der Waals surface area contributed by atoms with Gasteiger partial charge in [0, 0.05) is 12.1 Å². The average molecular weight is 302 g/mol. The van der Waals surface area contributed by atoms with E-state index in [0.717, 1.165) is 0 Å². The number of carbonyl (C=O) groups is 1. The highest BCUT2D eigenvalue weighted by Crippen LogP contribution is 2.38. The minimum absolute atomic E-state index is 0.00391. The van der Waals surface area contributed by atoms with Crippen molar-refractivity contribution in [3.05, 3.63) is 40.4 Å². The van der Waals surface area contributed by atoms with Gasteiger partial charge in [0.05, 0.1) is 0 Å². The molecule has 0 aliphatic carbocycles. The molecule has 20 heavy (non-hydrogen) atoms. The molecule has 0 atom stereocenters. The Morgan fingerprint density at radius 3 is 2.50 bits per heavy atom. The highest BCUT2D eigenvalue weighted by atomic mass is 32.1. The third-order valence-corrected chi connectivity index (χ3v) is 3.63. The number of nitrogens with zero attached hydrogens (tertiary/aromatic N) is 1. The van der Waals surface area contributed by atoms with Gasteiger partial charge < -0.3 is 10.8 Å². The quantitative estimate of drug-likeness (QED) is 0.914. The molecule has 0 saturated carbocycles. The number of carboxylic acids is 1. The predicted molar refractivity (Wildman–Crippen MR) is 67.4 cm³/mol. The molecule has 106 valence electrons. The summed E-state index contributed by atoms with van der Waals surface area (Å²) in [5.74, 6) is -1.65. The lowest BCUT2D eigenvalue weighted by atomic mass is 10.1. The van der Waals surface area contributed by atoms with Gasteiger partial charge in [-0.2, -0.15) is 13.2 Å². The standard InChI is InChI=1S/C12H9F3N2O2S/c13-12(14,15)9-8(11(18)19)20-10(17-9)7-4-2-1-3-6(7)5-16/h1-4H,5,16H2,(H,18,19). The predicted octanol–water partition coefficient (Wildman–Crippen LogP) is 2.99. The summed E-state index contributed by atoms with van der Waals surface area (Å²) in [7, 11) is 0. The van der Waals surface area contributed by atoms with Crippen LogP contribution < -0.4 is 5.73 Å². The molecule has 1 aromatic carbocycles. The minimum Gasteiger partial charge on any atom is -0.477 e. The van der Waals surface area contributed by atoms with E-state index in [-0.39, 0.29) is 11.6 Å². The fraction of sp³-hybridized carbons (Fsp3) is 0.167. The Balaban J connectivity index is 2.62. The van der Waals surface area contributed by atoms with Crippen molar-refractivity contribution < 1.29 is 23.1 Å². The maximum Gasteiger partial charge on any atom is 0.435 e. The van der Waals surface area contributed by atoms with Crippen molar-refractivity contribution in [1.82, 2.24) is 4.98 Å². The molecule has 0 bridgehead atoms. The largest absolute Gasteiger partial charge is 0.477 e. The van der Waals surface area contributed by atoms with Gasteiger partial charge in [-0.3, -0.25) is 0 Å². The van der Waals surface area contributed by atoms with Crippen molar-refractivity contribution in [2.75, 3.05) is 0 Å². The van der Waals surface area contributed by atoms with Crippen molar-refractivity contribution in [2.24, 2.45) is 5.73 Å². The summed E-state index contributed by atoms with van der Waals surface area (Å²) < 4.78 is 38.3. The third-order valence-electron chi connectivity index (χ3n) is 2.56. The number of rotatable bonds is 3. The molecule has 0 spiro atoms. The molecule has 2 aromatic rings. The third kappa shape index (κ3) is 2.66. The van der Waals surface area contributed by atoms with Crippen molar-refractivity contribution in [2.45, 2.75) is 12.7 Å². The molecule has 4 nitrogen and oxygen atoms in total. The Bertz CT molecular complexity index is 652. The van der Waals surface area contributed by atoms with E-state index in [1.165, 1.54) is 0 Å². The Kier molecular flexibility index (Phi) is 3.78. The molecule has 0 radical (unpaired) electrons. The lowest BCUT2D eigenvalue weighted by Gasteiger charge is -2.04. The van der Waals surface area contributed by atoms with E-state index in [1.54, 1.807) is 24.3 Å². The van der Waals surface area contributed by atoms with Crippen LogP contribution in [-0.4, -0.2) is 16.1 Å². The van der Waals surface area contributed by atoms with Crippen LogP contribution in [0.15, 0.2) is 24.3 Å². The van der Waals surface area contributed by atoms with Crippen molar-refractivity contribution in [1.29, 1.82) is 0 Å². The van der Waals surface area contributed by atoms with Crippen LogP contribution in [0, 0.1) is 0 Å². The van der Waals surface area contributed by atoms with Crippen molar-refractivity contribution in [3.8, 4) is 10.6 Å². The normalized spacial score (nSPS) is 11.6. The van der Waals surface area contributed by atoms with E-state index in [4.69, 9.17) is 10.8 Å². The number of hydrogen-bond donors (Lipinski definition) is 2. The van der Waals surface area contributed by atoms with E-state index in [9.17, 15) is 18.0 Å². The Morgan fingerprint density at radius 2 is 2.00 bits per heavy atom. The maximum absolute atomic E-state index is 12.8. The summed E-state index contributed by atoms with van der Waals surface area (Å²) in [5, 5.41) is 8.86. The first-order chi connectivity index (χ1) is 9.34. The van der Waals surface area contributed by atoms with Crippen LogP contribution >= 0.6 is 11.3 Å². The van der Waals surface area contributed by atoms with E-state index >= 15 is 0 Å². The van der Waals surface area contributed by atoms with Crippen molar-refractivity contribution in [3.63, 3.8) is 0 Å². The number of nitrogens with two attached hydrogens (primary N) is 1. The number of carboxylic acid groups (broad SMARTS) is 1. The summed E-state index contributed by atoms with van der Waals surface area (Å²) in [6.45, 7) is 0.125. The van der Waals surface area contributed by atoms with Crippen LogP contribution in [0.1, 0.15) is 20.9 Å². The topological polar surface area (TPSA) is 76.2 Å². The SMILES string of the molecule is NCc1ccccc1-c1nc(C(F)(F)F)c(C(=O)O)s1. The second-order valence-electron chi connectivity index (χ2n) is 3.86. The zero-order valence-corrected chi connectivity index (χ0v) is 10.8.